The molecule has 0 radical (unpaired) electrons. The highest BCUT2D eigenvalue weighted by Crippen LogP contribution is 2.47. The highest BCUT2D eigenvalue weighted by molar-refractivity contribution is 6.76. The molecule has 1 aliphatic rings. The van der Waals surface area contributed by atoms with Crippen LogP contribution in [0.25, 0.3) is 33.5 Å². The van der Waals surface area contributed by atoms with Crippen LogP contribution in [0, 0.1) is 0 Å². The van der Waals surface area contributed by atoms with Crippen LogP contribution in [0.2, 0.25) is 25.7 Å². The monoisotopic (exact) mass is 457 g/mol. The summed E-state index contributed by atoms with van der Waals surface area (Å²) in [5.41, 5.74) is 13.5. The Morgan fingerprint density at radius 2 is 1.85 bits per heavy atom. The molecule has 0 unspecified atom stereocenters. The predicted octanol–water partition coefficient (Wildman–Crippen LogP) is 5.93. The number of rotatable bonds is 8. The van der Waals surface area contributed by atoms with Gasteiger partial charge in [0.25, 0.3) is 0 Å². The molecule has 4 heterocycles. The molecule has 4 aromatic heterocycles. The van der Waals surface area contributed by atoms with Crippen molar-refractivity contribution in [3.05, 3.63) is 60.6 Å². The molecule has 7 heteroatoms. The molecule has 0 spiro atoms. The minimum absolute atomic E-state index is 0.469. The summed E-state index contributed by atoms with van der Waals surface area (Å²) in [7, 11) is -1.18. The summed E-state index contributed by atoms with van der Waals surface area (Å²) < 4.78 is 8.59. The first kappa shape index (κ1) is 21.8. The number of hydrogen-bond donors (Lipinski definition) is 1. The van der Waals surface area contributed by atoms with Crippen molar-refractivity contribution in [2.24, 2.45) is 0 Å². The zero-order chi connectivity index (χ0) is 23.0. The van der Waals surface area contributed by atoms with Crippen LogP contribution in [0.3, 0.4) is 0 Å². The normalized spacial score (nSPS) is 14.2. The van der Waals surface area contributed by atoms with E-state index >= 15 is 0 Å². The van der Waals surface area contributed by atoms with Crippen molar-refractivity contribution in [3.63, 3.8) is 0 Å². The zero-order valence-electron chi connectivity index (χ0n) is 19.6. The third-order valence-corrected chi connectivity index (χ3v) is 7.88. The van der Waals surface area contributed by atoms with Crippen molar-refractivity contribution in [3.8, 4) is 22.5 Å². The largest absolute Gasteiger partial charge is 0.384 e. The second kappa shape index (κ2) is 8.72. The lowest BCUT2D eigenvalue weighted by atomic mass is 10.0. The quantitative estimate of drug-likeness (QED) is 0.262. The van der Waals surface area contributed by atoms with Gasteiger partial charge in [-0.3, -0.25) is 9.97 Å². The van der Waals surface area contributed by atoms with Crippen LogP contribution < -0.4 is 5.73 Å². The van der Waals surface area contributed by atoms with E-state index in [1.54, 1.807) is 6.20 Å². The fraction of sp³-hybridized carbons (Fsp3) is 0.346. The third kappa shape index (κ3) is 4.56. The zero-order valence-corrected chi connectivity index (χ0v) is 20.6. The van der Waals surface area contributed by atoms with E-state index in [1.165, 1.54) is 18.4 Å². The van der Waals surface area contributed by atoms with Crippen molar-refractivity contribution >= 4 is 24.9 Å². The van der Waals surface area contributed by atoms with Gasteiger partial charge in [0, 0.05) is 38.8 Å². The Kier molecular flexibility index (Phi) is 5.76. The number of ether oxygens (including phenoxy) is 1. The topological polar surface area (TPSA) is 78.9 Å². The lowest BCUT2D eigenvalue weighted by molar-refractivity contribution is 0.0912. The number of aromatic nitrogens is 4. The van der Waals surface area contributed by atoms with Gasteiger partial charge in [-0.2, -0.15) is 0 Å². The van der Waals surface area contributed by atoms with E-state index < -0.39 is 8.07 Å². The molecule has 0 bridgehead atoms. The first-order valence-corrected chi connectivity index (χ1v) is 15.4. The summed E-state index contributed by atoms with van der Waals surface area (Å²) in [6, 6.07) is 13.2. The number of fused-ring (bicyclic) bond motifs is 1. The van der Waals surface area contributed by atoms with Gasteiger partial charge in [0.05, 0.1) is 28.0 Å². The summed E-state index contributed by atoms with van der Waals surface area (Å²) in [6.45, 7) is 8.35. The lowest BCUT2D eigenvalue weighted by Gasteiger charge is -2.18. The Morgan fingerprint density at radius 3 is 2.55 bits per heavy atom. The standard InChI is InChI=1S/C26H31N5OSi/c1-33(2,3)15-14-32-17-31-25(19-9-12-29-22(27)16-19)23(21-6-4-5-11-28-21)24-26(31)20(10-13-30-24)18-7-8-18/h4-6,9-13,16,18H,7-8,14-15,17H2,1-3H3,(H2,27,29). The summed E-state index contributed by atoms with van der Waals surface area (Å²) in [6.07, 6.45) is 7.96. The van der Waals surface area contributed by atoms with E-state index in [2.05, 4.69) is 35.3 Å². The fourth-order valence-corrected chi connectivity index (χ4v) is 5.09. The van der Waals surface area contributed by atoms with E-state index in [0.29, 0.717) is 18.5 Å². The van der Waals surface area contributed by atoms with E-state index in [9.17, 15) is 0 Å². The molecule has 0 atom stereocenters. The molecule has 6 nitrogen and oxygen atoms in total. The van der Waals surface area contributed by atoms with Crippen LogP contribution in [0.15, 0.2) is 55.0 Å². The summed E-state index contributed by atoms with van der Waals surface area (Å²) >= 11 is 0. The van der Waals surface area contributed by atoms with E-state index in [1.807, 2.05) is 42.7 Å². The second-order valence-electron chi connectivity index (χ2n) is 10.1. The number of hydrogen-bond acceptors (Lipinski definition) is 5. The molecular weight excluding hydrogens is 426 g/mol. The van der Waals surface area contributed by atoms with Crippen LogP contribution in [0.1, 0.15) is 24.3 Å². The van der Waals surface area contributed by atoms with Crippen molar-refractivity contribution in [2.75, 3.05) is 12.3 Å². The van der Waals surface area contributed by atoms with Crippen molar-refractivity contribution in [1.82, 2.24) is 19.5 Å². The van der Waals surface area contributed by atoms with Crippen LogP contribution in [-0.2, 0) is 11.5 Å². The van der Waals surface area contributed by atoms with Crippen LogP contribution in [0.5, 0.6) is 0 Å². The maximum Gasteiger partial charge on any atom is 0.123 e. The molecule has 0 amide bonds. The van der Waals surface area contributed by atoms with Crippen LogP contribution in [0.4, 0.5) is 5.82 Å². The summed E-state index contributed by atoms with van der Waals surface area (Å²) in [5.74, 6) is 1.07. The van der Waals surface area contributed by atoms with Gasteiger partial charge >= 0.3 is 0 Å². The molecule has 0 saturated heterocycles. The molecule has 0 aliphatic heterocycles. The summed E-state index contributed by atoms with van der Waals surface area (Å²) in [4.78, 5) is 13.8. The van der Waals surface area contributed by atoms with Gasteiger partial charge in [-0.05, 0) is 60.7 Å². The average Bonchev–Trinajstić information content (AvgIpc) is 3.58. The average molecular weight is 458 g/mol. The number of anilines is 1. The van der Waals surface area contributed by atoms with E-state index in [4.69, 9.17) is 20.4 Å². The van der Waals surface area contributed by atoms with Gasteiger partial charge < -0.3 is 15.0 Å². The van der Waals surface area contributed by atoms with Crippen molar-refractivity contribution in [1.29, 1.82) is 0 Å². The maximum absolute atomic E-state index is 6.30. The maximum atomic E-state index is 6.30. The highest BCUT2D eigenvalue weighted by atomic mass is 28.3. The van der Waals surface area contributed by atoms with Crippen molar-refractivity contribution < 1.29 is 4.74 Å². The SMILES string of the molecule is C[Si](C)(C)CCOCn1c(-c2ccnc(N)c2)c(-c2ccccn2)c2nccc(C3CC3)c21. The fourth-order valence-electron chi connectivity index (χ4n) is 4.33. The molecule has 0 aromatic carbocycles. The molecule has 170 valence electrons. The van der Waals surface area contributed by atoms with E-state index in [-0.39, 0.29) is 0 Å². The molecule has 1 fully saturated rings. The minimum Gasteiger partial charge on any atom is -0.384 e. The van der Waals surface area contributed by atoms with Gasteiger partial charge in [-0.15, -0.1) is 0 Å². The van der Waals surface area contributed by atoms with Gasteiger partial charge in [-0.25, -0.2) is 4.98 Å². The predicted molar refractivity (Wildman–Crippen MR) is 137 cm³/mol. The molecule has 1 saturated carbocycles. The van der Waals surface area contributed by atoms with Crippen LogP contribution >= 0.6 is 0 Å². The smallest absolute Gasteiger partial charge is 0.123 e. The number of nitrogens with zero attached hydrogens (tertiary/aromatic N) is 4. The first-order chi connectivity index (χ1) is 15.9. The Balaban J connectivity index is 1.73. The molecule has 5 rings (SSSR count). The Morgan fingerprint density at radius 1 is 1.03 bits per heavy atom. The van der Waals surface area contributed by atoms with Gasteiger partial charge in [0.15, 0.2) is 0 Å². The molecule has 2 N–H and O–H groups in total. The van der Waals surface area contributed by atoms with Gasteiger partial charge in [0.2, 0.25) is 0 Å². The molecule has 33 heavy (non-hydrogen) atoms. The Bertz CT molecular complexity index is 1280. The highest BCUT2D eigenvalue weighted by Gasteiger charge is 2.31. The first-order valence-electron chi connectivity index (χ1n) is 11.6. The number of pyridine rings is 3. The van der Waals surface area contributed by atoms with Gasteiger partial charge in [0.1, 0.15) is 12.5 Å². The Labute approximate surface area is 195 Å². The summed E-state index contributed by atoms with van der Waals surface area (Å²) in [5, 5.41) is 0. The lowest BCUT2D eigenvalue weighted by Crippen LogP contribution is -2.22. The third-order valence-electron chi connectivity index (χ3n) is 6.18. The van der Waals surface area contributed by atoms with E-state index in [0.717, 1.165) is 46.2 Å². The second-order valence-corrected chi connectivity index (χ2v) is 15.7. The molecule has 4 aromatic rings. The van der Waals surface area contributed by atoms with Crippen molar-refractivity contribution in [2.45, 2.75) is 51.2 Å². The number of nitrogens with two attached hydrogens (primary N) is 1. The number of nitrogen functional groups attached to an aromatic ring is 1. The van der Waals surface area contributed by atoms with Crippen LogP contribution in [-0.4, -0.2) is 34.2 Å². The molecule has 1 aliphatic carbocycles. The minimum atomic E-state index is -1.18. The molecular formula is C26H31N5OSi. The Hall–Kier alpha value is -3.03. The van der Waals surface area contributed by atoms with Gasteiger partial charge in [-0.1, -0.05) is 25.7 Å².